The van der Waals surface area contributed by atoms with Crippen molar-refractivity contribution in [3.05, 3.63) is 46.0 Å². The molecule has 6 rings (SSSR count). The van der Waals surface area contributed by atoms with Gasteiger partial charge in [0.2, 0.25) is 16.0 Å². The van der Waals surface area contributed by atoms with Gasteiger partial charge in [0.1, 0.15) is 28.5 Å². The molecule has 2 atom stereocenters. The minimum atomic E-state index is -4.30. The van der Waals surface area contributed by atoms with Crippen LogP contribution in [0.15, 0.2) is 24.3 Å². The molecule has 2 aliphatic rings. The van der Waals surface area contributed by atoms with Gasteiger partial charge < -0.3 is 15.2 Å². The summed E-state index contributed by atoms with van der Waals surface area (Å²) in [4.78, 5) is 14.1. The number of benzene rings is 1. The van der Waals surface area contributed by atoms with Gasteiger partial charge in [0.05, 0.1) is 24.1 Å². The van der Waals surface area contributed by atoms with E-state index < -0.39 is 28.7 Å². The second kappa shape index (κ2) is 14.6. The number of hydrogen-bond donors (Lipinski definition) is 2. The molecule has 17 heteroatoms. The third-order valence-corrected chi connectivity index (χ3v) is 12.3. The van der Waals surface area contributed by atoms with Gasteiger partial charge in [-0.1, -0.05) is 6.07 Å². The van der Waals surface area contributed by atoms with Gasteiger partial charge in [-0.15, -0.1) is 11.3 Å². The molecular weight excluding hydrogens is 702 g/mol. The third-order valence-electron chi connectivity index (χ3n) is 9.95. The average Bonchev–Trinajstić information content (AvgIpc) is 3.65. The van der Waals surface area contributed by atoms with Crippen molar-refractivity contribution in [2.24, 2.45) is 0 Å². The van der Waals surface area contributed by atoms with E-state index in [1.165, 1.54) is 9.87 Å². The van der Waals surface area contributed by atoms with Gasteiger partial charge >= 0.3 is 6.18 Å². The molecule has 2 aliphatic heterocycles. The fourth-order valence-electron chi connectivity index (χ4n) is 7.20. The van der Waals surface area contributed by atoms with Gasteiger partial charge in [-0.05, 0) is 56.0 Å². The van der Waals surface area contributed by atoms with Crippen molar-refractivity contribution < 1.29 is 21.6 Å². The Morgan fingerprint density at radius 1 is 1.10 bits per heavy atom. The third kappa shape index (κ3) is 8.08. The predicted molar refractivity (Wildman–Crippen MR) is 192 cm³/mol. The number of thiophene rings is 1. The summed E-state index contributed by atoms with van der Waals surface area (Å²) in [5.74, 6) is 0.901. The van der Waals surface area contributed by atoms with Crippen molar-refractivity contribution in [1.82, 2.24) is 28.6 Å². The molecule has 272 valence electrons. The van der Waals surface area contributed by atoms with Crippen molar-refractivity contribution in [2.75, 3.05) is 56.7 Å². The molecule has 0 radical (unpaired) electrons. The quantitative estimate of drug-likeness (QED) is 0.230. The van der Waals surface area contributed by atoms with E-state index in [0.717, 1.165) is 66.5 Å². The Kier molecular flexibility index (Phi) is 10.5. The van der Waals surface area contributed by atoms with Crippen LogP contribution in [0.25, 0.3) is 21.1 Å². The number of fused-ring (bicyclic) bond motifs is 2. The number of halogens is 3. The molecule has 2 N–H and O–H groups in total. The van der Waals surface area contributed by atoms with Gasteiger partial charge in [0.15, 0.2) is 0 Å². The van der Waals surface area contributed by atoms with E-state index in [1.54, 1.807) is 13.1 Å². The summed E-state index contributed by atoms with van der Waals surface area (Å²) in [6, 6.07) is 11.4. The zero-order valence-corrected chi connectivity index (χ0v) is 30.6. The van der Waals surface area contributed by atoms with Crippen molar-refractivity contribution in [3.63, 3.8) is 0 Å². The van der Waals surface area contributed by atoms with E-state index in [4.69, 9.17) is 0 Å². The van der Waals surface area contributed by atoms with E-state index in [1.807, 2.05) is 17.6 Å². The van der Waals surface area contributed by atoms with Crippen LogP contribution in [-0.2, 0) is 29.5 Å². The first-order chi connectivity index (χ1) is 24.2. The summed E-state index contributed by atoms with van der Waals surface area (Å²) in [6.45, 7) is 8.08. The summed E-state index contributed by atoms with van der Waals surface area (Å²) < 4.78 is 66.8. The maximum Gasteiger partial charge on any atom is 0.393 e. The lowest BCUT2D eigenvalue weighted by Crippen LogP contribution is -2.56. The minimum absolute atomic E-state index is 0.0369. The lowest BCUT2D eigenvalue weighted by molar-refractivity contribution is -0.126. The van der Waals surface area contributed by atoms with E-state index in [-0.39, 0.29) is 23.5 Å². The highest BCUT2D eigenvalue weighted by Gasteiger charge is 2.35. The molecule has 0 spiro atoms. The molecule has 0 unspecified atom stereocenters. The minimum Gasteiger partial charge on any atom is -0.367 e. The highest BCUT2D eigenvalue weighted by Crippen LogP contribution is 2.35. The van der Waals surface area contributed by atoms with Crippen LogP contribution >= 0.6 is 11.3 Å². The van der Waals surface area contributed by atoms with Crippen molar-refractivity contribution in [1.29, 1.82) is 10.5 Å². The number of nitrogens with zero attached hydrogens (tertiary/aromatic N) is 8. The summed E-state index contributed by atoms with van der Waals surface area (Å²) >= 11 is 1.04. The number of aryl methyl sites for hydroxylation is 1. The summed E-state index contributed by atoms with van der Waals surface area (Å²) in [6.07, 6.45) is -2.50. The number of aromatic nitrogens is 3. The zero-order valence-electron chi connectivity index (χ0n) is 29.0. The number of likely N-dealkylation sites (tertiary alicyclic amines) is 1. The van der Waals surface area contributed by atoms with Crippen LogP contribution in [0.2, 0.25) is 0 Å². The first-order valence-corrected chi connectivity index (χ1v) is 19.5. The van der Waals surface area contributed by atoms with Crippen molar-refractivity contribution in [2.45, 2.75) is 70.5 Å². The van der Waals surface area contributed by atoms with Crippen LogP contribution in [-0.4, -0.2) is 107 Å². The highest BCUT2D eigenvalue weighted by atomic mass is 32.2. The molecule has 12 nitrogen and oxygen atoms in total. The Hall–Kier alpha value is -4.00. The Bertz CT molecular complexity index is 2110. The normalized spacial score (nSPS) is 19.3. The molecule has 0 bridgehead atoms. The van der Waals surface area contributed by atoms with Crippen molar-refractivity contribution in [3.8, 4) is 12.1 Å². The molecule has 5 heterocycles. The summed E-state index contributed by atoms with van der Waals surface area (Å²) in [5.41, 5.74) is 3.78. The standard InChI is InChI=1S/C34H41F3N10O2S2/c1-21(45-11-12-47(51(4,48)49)26(17-39)20-45)18-46-25(16-38)13-28-22(2)23(5-6-30(28)46)19-44-9-7-24(8-10-44)41-31-29-14-27(15-34(35,36)37)50-32(29)43-33(40-3)42-31/h5-6,13-14,21,24,26H,7-12,15,18-20H2,1-4H3,(H2,40,41,42,43)/t21-,26+/m0/s1. The van der Waals surface area contributed by atoms with E-state index in [2.05, 4.69) is 61.6 Å². The molecule has 2 fully saturated rings. The Morgan fingerprint density at radius 2 is 1.84 bits per heavy atom. The van der Waals surface area contributed by atoms with Crippen LogP contribution in [0.4, 0.5) is 24.9 Å². The lowest BCUT2D eigenvalue weighted by Gasteiger charge is -2.39. The van der Waals surface area contributed by atoms with Crippen LogP contribution in [0.5, 0.6) is 0 Å². The Balaban J connectivity index is 1.11. The first kappa shape index (κ1) is 36.8. The second-order valence-electron chi connectivity index (χ2n) is 13.5. The van der Waals surface area contributed by atoms with Gasteiger partial charge in [-0.2, -0.15) is 33.0 Å². The number of sulfonamides is 1. The van der Waals surface area contributed by atoms with Gasteiger partial charge in [-0.25, -0.2) is 13.4 Å². The smallest absolute Gasteiger partial charge is 0.367 e. The lowest BCUT2D eigenvalue weighted by atomic mass is 10.0. The van der Waals surface area contributed by atoms with Crippen LogP contribution in [0, 0.1) is 29.6 Å². The maximum absolute atomic E-state index is 13.1. The molecular formula is C34H41F3N10O2S2. The summed E-state index contributed by atoms with van der Waals surface area (Å²) in [7, 11) is -1.80. The SMILES string of the molecule is CNc1nc(NC2CCN(Cc3ccc4c(cc(C#N)n4C[C@H](C)N4CCN(S(C)(=O)=O)[C@H](C#N)C4)c3C)CC2)c2cc(CC(F)(F)F)sc2n1. The predicted octanol–water partition coefficient (Wildman–Crippen LogP) is 4.91. The van der Waals surface area contributed by atoms with Gasteiger partial charge in [0, 0.05) is 80.7 Å². The molecule has 4 aromatic rings. The summed E-state index contributed by atoms with van der Waals surface area (Å²) in [5, 5.41) is 27.7. The monoisotopic (exact) mass is 742 g/mol. The molecule has 0 amide bonds. The van der Waals surface area contributed by atoms with Crippen LogP contribution in [0.1, 0.15) is 41.5 Å². The number of anilines is 2. The Morgan fingerprint density at radius 3 is 2.49 bits per heavy atom. The number of nitriles is 2. The van der Waals surface area contributed by atoms with Crippen LogP contribution in [0.3, 0.4) is 0 Å². The molecule has 3 aromatic heterocycles. The van der Waals surface area contributed by atoms with Crippen molar-refractivity contribution >= 4 is 54.2 Å². The highest BCUT2D eigenvalue weighted by molar-refractivity contribution is 7.88. The molecule has 51 heavy (non-hydrogen) atoms. The van der Waals surface area contributed by atoms with E-state index in [0.29, 0.717) is 47.3 Å². The van der Waals surface area contributed by atoms with Gasteiger partial charge in [-0.3, -0.25) is 9.80 Å². The van der Waals surface area contributed by atoms with Crippen LogP contribution < -0.4 is 10.6 Å². The zero-order chi connectivity index (χ0) is 36.7. The first-order valence-electron chi connectivity index (χ1n) is 16.8. The number of piperazine rings is 1. The fraction of sp³-hybridized carbons (Fsp3) is 0.529. The number of piperidine rings is 1. The maximum atomic E-state index is 13.1. The average molecular weight is 743 g/mol. The van der Waals surface area contributed by atoms with Gasteiger partial charge in [0.25, 0.3) is 0 Å². The Labute approximate surface area is 299 Å². The molecule has 0 aliphatic carbocycles. The largest absolute Gasteiger partial charge is 0.393 e. The topological polar surface area (TPSA) is 146 Å². The number of hydrogen-bond acceptors (Lipinski definition) is 11. The second-order valence-corrected chi connectivity index (χ2v) is 16.5. The number of alkyl halides is 3. The van der Waals surface area contributed by atoms with E-state index >= 15 is 0 Å². The molecule has 0 saturated carbocycles. The fourth-order valence-corrected chi connectivity index (χ4v) is 9.25. The van der Waals surface area contributed by atoms with E-state index in [9.17, 15) is 32.1 Å². The molecule has 2 saturated heterocycles. The number of rotatable bonds is 10. The molecule has 1 aromatic carbocycles. The number of nitrogens with one attached hydrogen (secondary N) is 2.